The van der Waals surface area contributed by atoms with Crippen molar-refractivity contribution in [1.29, 1.82) is 0 Å². The van der Waals surface area contributed by atoms with Gasteiger partial charge in [0.15, 0.2) is 5.69 Å². The van der Waals surface area contributed by atoms with Crippen LogP contribution < -0.4 is 4.74 Å². The number of nitro groups is 1. The van der Waals surface area contributed by atoms with Crippen LogP contribution in [0.2, 0.25) is 0 Å². The third kappa shape index (κ3) is 4.60. The van der Waals surface area contributed by atoms with Crippen molar-refractivity contribution in [3.8, 4) is 11.5 Å². The monoisotopic (exact) mass is 489 g/mol. The van der Waals surface area contributed by atoms with Crippen LogP contribution in [0.1, 0.15) is 28.5 Å². The van der Waals surface area contributed by atoms with Crippen LogP contribution in [0.4, 0.5) is 18.9 Å². The maximum atomic E-state index is 13.0. The van der Waals surface area contributed by atoms with Crippen molar-refractivity contribution in [2.24, 2.45) is 0 Å². The molecule has 2 heterocycles. The van der Waals surface area contributed by atoms with Crippen LogP contribution >= 0.6 is 0 Å². The molecule has 0 saturated heterocycles. The number of hydrogen-bond acceptors (Lipinski definition) is 7. The van der Waals surface area contributed by atoms with Gasteiger partial charge in [0.2, 0.25) is 5.75 Å². The maximum Gasteiger partial charge on any atom is 0.416 e. The minimum Gasteiger partial charge on any atom is -0.461 e. The number of esters is 1. The van der Waals surface area contributed by atoms with Crippen LogP contribution in [0.15, 0.2) is 42.6 Å². The Bertz CT molecular complexity index is 1450. The number of carbonyl (C=O) groups is 1. The minimum absolute atomic E-state index is 0.0426. The van der Waals surface area contributed by atoms with Gasteiger partial charge in [0, 0.05) is 35.0 Å². The van der Waals surface area contributed by atoms with Crippen LogP contribution in [0.3, 0.4) is 0 Å². The number of fused-ring (bicyclic) bond motifs is 3. The Labute approximate surface area is 195 Å². The molecule has 0 fully saturated rings. The Kier molecular flexibility index (Phi) is 6.31. The lowest BCUT2D eigenvalue weighted by Crippen LogP contribution is -2.11. The van der Waals surface area contributed by atoms with Crippen molar-refractivity contribution >= 4 is 33.5 Å². The predicted molar refractivity (Wildman–Crippen MR) is 118 cm³/mol. The molecular formula is C23H18F3N3O6. The molecule has 182 valence electrons. The van der Waals surface area contributed by atoms with E-state index in [9.17, 15) is 28.1 Å². The quantitative estimate of drug-likeness (QED) is 0.199. The number of alkyl halides is 3. The molecule has 35 heavy (non-hydrogen) atoms. The van der Waals surface area contributed by atoms with Crippen molar-refractivity contribution in [1.82, 2.24) is 9.97 Å². The average Bonchev–Trinajstić information content (AvgIpc) is 3.17. The summed E-state index contributed by atoms with van der Waals surface area (Å²) in [6.45, 7) is 1.87. The van der Waals surface area contributed by atoms with Gasteiger partial charge in [-0.1, -0.05) is 0 Å². The summed E-state index contributed by atoms with van der Waals surface area (Å²) in [6, 6.07) is 6.74. The number of methoxy groups -OCH3 is 1. The van der Waals surface area contributed by atoms with Gasteiger partial charge >= 0.3 is 17.8 Å². The van der Waals surface area contributed by atoms with E-state index in [2.05, 4.69) is 9.97 Å². The molecule has 2 aromatic heterocycles. The van der Waals surface area contributed by atoms with E-state index < -0.39 is 28.3 Å². The highest BCUT2D eigenvalue weighted by Crippen LogP contribution is 2.39. The van der Waals surface area contributed by atoms with Crippen molar-refractivity contribution in [2.75, 3.05) is 13.7 Å². The maximum absolute atomic E-state index is 13.0. The van der Waals surface area contributed by atoms with Crippen LogP contribution in [-0.2, 0) is 22.3 Å². The van der Waals surface area contributed by atoms with Crippen molar-refractivity contribution in [2.45, 2.75) is 19.7 Å². The summed E-state index contributed by atoms with van der Waals surface area (Å²) in [5.74, 6) is -0.837. The smallest absolute Gasteiger partial charge is 0.416 e. The average molecular weight is 489 g/mol. The van der Waals surface area contributed by atoms with Crippen LogP contribution in [-0.4, -0.2) is 34.6 Å². The number of benzene rings is 2. The molecule has 0 aliphatic rings. The van der Waals surface area contributed by atoms with E-state index in [1.54, 1.807) is 19.1 Å². The fourth-order valence-electron chi connectivity index (χ4n) is 3.71. The van der Waals surface area contributed by atoms with Gasteiger partial charge in [-0.25, -0.2) is 9.78 Å². The number of halogens is 3. The van der Waals surface area contributed by atoms with Gasteiger partial charge in [0.25, 0.3) is 0 Å². The van der Waals surface area contributed by atoms with Gasteiger partial charge in [0.1, 0.15) is 5.75 Å². The Hall–Kier alpha value is -4.19. The number of aromatic amines is 1. The second kappa shape index (κ2) is 9.22. The first-order valence-electron chi connectivity index (χ1n) is 10.3. The molecule has 9 nitrogen and oxygen atoms in total. The molecule has 0 spiro atoms. The van der Waals surface area contributed by atoms with Gasteiger partial charge < -0.3 is 19.2 Å². The third-order valence-electron chi connectivity index (χ3n) is 5.18. The van der Waals surface area contributed by atoms with Crippen molar-refractivity contribution < 1.29 is 37.1 Å². The lowest BCUT2D eigenvalue weighted by molar-refractivity contribution is -0.385. The molecule has 0 radical (unpaired) electrons. The molecule has 0 atom stereocenters. The minimum atomic E-state index is -4.74. The highest BCUT2D eigenvalue weighted by atomic mass is 19.4. The molecular weight excluding hydrogens is 471 g/mol. The molecule has 0 amide bonds. The van der Waals surface area contributed by atoms with Gasteiger partial charge in [-0.05, 0) is 37.3 Å². The molecule has 1 N–H and O–H groups in total. The summed E-state index contributed by atoms with van der Waals surface area (Å²) < 4.78 is 55.0. The zero-order chi connectivity index (χ0) is 25.3. The second-order valence-electron chi connectivity index (χ2n) is 7.40. The Morgan fingerprint density at radius 2 is 1.94 bits per heavy atom. The van der Waals surface area contributed by atoms with E-state index in [4.69, 9.17) is 14.2 Å². The molecule has 12 heteroatoms. The van der Waals surface area contributed by atoms with E-state index >= 15 is 0 Å². The second-order valence-corrected chi connectivity index (χ2v) is 7.40. The normalized spacial score (nSPS) is 11.7. The summed E-state index contributed by atoms with van der Waals surface area (Å²) in [5, 5.41) is 12.6. The number of nitrogens with one attached hydrogen (secondary N) is 1. The fraction of sp³-hybridized carbons (Fsp3) is 0.217. The fourth-order valence-corrected chi connectivity index (χ4v) is 3.71. The summed E-state index contributed by atoms with van der Waals surface area (Å²) >= 11 is 0. The zero-order valence-corrected chi connectivity index (χ0v) is 18.4. The lowest BCUT2D eigenvalue weighted by Gasteiger charge is -2.11. The Morgan fingerprint density at radius 3 is 2.60 bits per heavy atom. The summed E-state index contributed by atoms with van der Waals surface area (Å²) in [6.07, 6.45) is -3.27. The lowest BCUT2D eigenvalue weighted by atomic mass is 10.1. The van der Waals surface area contributed by atoms with E-state index in [-0.39, 0.29) is 30.4 Å². The van der Waals surface area contributed by atoms with E-state index in [0.717, 1.165) is 6.07 Å². The molecule has 2 aromatic carbocycles. The highest BCUT2D eigenvalue weighted by Gasteiger charge is 2.33. The van der Waals surface area contributed by atoms with Gasteiger partial charge in [-0.2, -0.15) is 13.2 Å². The number of nitrogens with zero attached hydrogens (tertiary/aromatic N) is 2. The first-order valence-corrected chi connectivity index (χ1v) is 10.3. The molecule has 4 aromatic rings. The van der Waals surface area contributed by atoms with E-state index in [1.807, 2.05) is 0 Å². The van der Waals surface area contributed by atoms with Crippen molar-refractivity contribution in [3.63, 3.8) is 0 Å². The summed E-state index contributed by atoms with van der Waals surface area (Å²) in [7, 11) is 1.46. The molecule has 0 bridgehead atoms. The molecule has 4 rings (SSSR count). The van der Waals surface area contributed by atoms with Crippen LogP contribution in [0.25, 0.3) is 21.8 Å². The van der Waals surface area contributed by atoms with Gasteiger partial charge in [0.05, 0.1) is 35.4 Å². The number of aromatic nitrogens is 2. The number of pyridine rings is 1. The molecule has 0 unspecified atom stereocenters. The number of rotatable bonds is 7. The molecule has 0 aliphatic carbocycles. The number of H-pyrrole nitrogens is 1. The predicted octanol–water partition coefficient (Wildman–Crippen LogP) is 5.76. The largest absolute Gasteiger partial charge is 0.461 e. The van der Waals surface area contributed by atoms with E-state index in [1.165, 1.54) is 19.4 Å². The standard InChI is InChI=1S/C23H18F3N3O6/c1-3-34-22(30)21-15(11-33-2)20-14-9-13(5-6-16(14)28-17(20)10-27-21)35-19-7-4-12(23(24,25)26)8-18(19)29(31)32/h4-10,28H,3,11H2,1-2H3. The van der Waals surface area contributed by atoms with E-state index in [0.29, 0.717) is 39.5 Å². The number of hydrogen-bond donors (Lipinski definition) is 1. The zero-order valence-electron chi connectivity index (χ0n) is 18.4. The first-order chi connectivity index (χ1) is 16.6. The Morgan fingerprint density at radius 1 is 1.17 bits per heavy atom. The SMILES string of the molecule is CCOC(=O)c1ncc2[nH]c3ccc(Oc4ccc(C(F)(F)F)cc4[N+](=O)[O-])cc3c2c1COC. The summed E-state index contributed by atoms with van der Waals surface area (Å²) in [5.41, 5.74) is -0.203. The molecule has 0 aliphatic heterocycles. The van der Waals surface area contributed by atoms with Crippen LogP contribution in [0.5, 0.6) is 11.5 Å². The third-order valence-corrected chi connectivity index (χ3v) is 5.18. The number of nitro benzene ring substituents is 1. The van der Waals surface area contributed by atoms with Gasteiger partial charge in [-0.3, -0.25) is 10.1 Å². The first kappa shape index (κ1) is 24.0. The number of carbonyl (C=O) groups excluding carboxylic acids is 1. The topological polar surface area (TPSA) is 117 Å². The van der Waals surface area contributed by atoms with Gasteiger partial charge in [-0.15, -0.1) is 0 Å². The highest BCUT2D eigenvalue weighted by molar-refractivity contribution is 6.11. The molecule has 0 saturated carbocycles. The number of ether oxygens (including phenoxy) is 3. The summed E-state index contributed by atoms with van der Waals surface area (Å²) in [4.78, 5) is 30.3. The van der Waals surface area contributed by atoms with Crippen LogP contribution in [0, 0.1) is 10.1 Å². The Balaban J connectivity index is 1.84. The van der Waals surface area contributed by atoms with Crippen molar-refractivity contribution in [3.05, 3.63) is 69.5 Å².